The fraction of sp³-hybridized carbons (Fsp3) is 1.00. The molecule has 0 aromatic carbocycles. The summed E-state index contributed by atoms with van der Waals surface area (Å²) in [6, 6.07) is 0. The molecule has 2 heterocycles. The quantitative estimate of drug-likeness (QED) is 0.651. The molecule has 1 N–H and O–H groups in total. The van der Waals surface area contributed by atoms with Crippen LogP contribution in [-0.2, 0) is 0 Å². The van der Waals surface area contributed by atoms with Gasteiger partial charge in [-0.3, -0.25) is 0 Å². The molecule has 69 valence electrons. The molecule has 0 spiro atoms. The van der Waals surface area contributed by atoms with Crippen LogP contribution in [0.15, 0.2) is 0 Å². The first-order valence-electron chi connectivity index (χ1n) is 4.92. The van der Waals surface area contributed by atoms with Crippen molar-refractivity contribution in [3.63, 3.8) is 0 Å². The molecule has 0 aromatic heterocycles. The summed E-state index contributed by atoms with van der Waals surface area (Å²) in [4.78, 5) is 0. The number of piperidine rings is 1. The summed E-state index contributed by atoms with van der Waals surface area (Å²) in [7, 11) is 0. The first kappa shape index (κ1) is 8.85. The van der Waals surface area contributed by atoms with Crippen molar-refractivity contribution in [2.24, 2.45) is 5.92 Å². The molecule has 2 nitrogen and oxygen atoms in total. The monoisotopic (exact) mass is 185 g/mol. The van der Waals surface area contributed by atoms with Gasteiger partial charge in [-0.2, -0.15) is 11.8 Å². The Kier molecular flexibility index (Phi) is 3.31. The van der Waals surface area contributed by atoms with Crippen LogP contribution in [0.1, 0.15) is 12.8 Å². The molecule has 2 rings (SSSR count). The van der Waals surface area contributed by atoms with Crippen molar-refractivity contribution in [1.29, 1.82) is 0 Å². The Bertz CT molecular complexity index is 112. The Morgan fingerprint density at radius 2 is 2.08 bits per heavy atom. The molecular formula is C9H17N2S. The lowest BCUT2D eigenvalue weighted by Gasteiger charge is -2.32. The van der Waals surface area contributed by atoms with Crippen LogP contribution < -0.4 is 10.6 Å². The van der Waals surface area contributed by atoms with Crippen LogP contribution in [0, 0.1) is 5.92 Å². The second kappa shape index (κ2) is 4.49. The molecule has 2 saturated heterocycles. The van der Waals surface area contributed by atoms with Crippen LogP contribution in [0.2, 0.25) is 0 Å². The highest BCUT2D eigenvalue weighted by Gasteiger charge is 2.25. The lowest BCUT2D eigenvalue weighted by atomic mass is 9.94. The third kappa shape index (κ3) is 2.15. The summed E-state index contributed by atoms with van der Waals surface area (Å²) in [5.41, 5.74) is 0. The molecule has 0 aromatic rings. The number of nitrogens with zero attached hydrogens (tertiary/aromatic N) is 1. The first-order chi connectivity index (χ1) is 5.97. The van der Waals surface area contributed by atoms with Gasteiger partial charge in [0.25, 0.3) is 0 Å². The molecular weight excluding hydrogens is 168 g/mol. The molecule has 2 fully saturated rings. The number of thioether (sulfide) groups is 1. The van der Waals surface area contributed by atoms with E-state index in [2.05, 4.69) is 22.4 Å². The maximum atomic E-state index is 4.39. The fourth-order valence-corrected chi connectivity index (χ4v) is 3.38. The molecule has 0 saturated carbocycles. The molecule has 12 heavy (non-hydrogen) atoms. The van der Waals surface area contributed by atoms with E-state index in [1.165, 1.54) is 31.7 Å². The summed E-state index contributed by atoms with van der Waals surface area (Å²) in [5.74, 6) is 2.25. The van der Waals surface area contributed by atoms with Gasteiger partial charge >= 0.3 is 0 Å². The normalized spacial score (nSPS) is 33.5. The average molecular weight is 185 g/mol. The van der Waals surface area contributed by atoms with Gasteiger partial charge in [0.2, 0.25) is 0 Å². The van der Waals surface area contributed by atoms with E-state index >= 15 is 0 Å². The van der Waals surface area contributed by atoms with E-state index in [1.807, 2.05) is 0 Å². The second-order valence-electron chi connectivity index (χ2n) is 3.62. The number of rotatable bonds is 1. The Labute approximate surface area is 78.9 Å². The van der Waals surface area contributed by atoms with Gasteiger partial charge in [-0.25, -0.2) is 5.32 Å². The van der Waals surface area contributed by atoms with Gasteiger partial charge in [0, 0.05) is 37.2 Å². The second-order valence-corrected chi connectivity index (χ2v) is 4.97. The number of hydrogen-bond donors (Lipinski definition) is 1. The zero-order chi connectivity index (χ0) is 8.23. The van der Waals surface area contributed by atoms with Gasteiger partial charge in [-0.15, -0.1) is 0 Å². The summed E-state index contributed by atoms with van der Waals surface area (Å²) in [6.45, 7) is 4.66. The molecule has 3 heteroatoms. The Balaban J connectivity index is 1.80. The van der Waals surface area contributed by atoms with Crippen molar-refractivity contribution < 1.29 is 0 Å². The topological polar surface area (TPSA) is 26.1 Å². The minimum atomic E-state index is 0.884. The van der Waals surface area contributed by atoms with Crippen molar-refractivity contribution in [3.05, 3.63) is 0 Å². The minimum absolute atomic E-state index is 0.884. The smallest absolute Gasteiger partial charge is 0.0202 e. The number of nitrogens with one attached hydrogen (secondary N) is 1. The zero-order valence-electron chi connectivity index (χ0n) is 7.46. The van der Waals surface area contributed by atoms with Gasteiger partial charge < -0.3 is 5.32 Å². The third-order valence-electron chi connectivity index (χ3n) is 2.80. The van der Waals surface area contributed by atoms with E-state index in [-0.39, 0.29) is 0 Å². The molecule has 0 amide bonds. The van der Waals surface area contributed by atoms with Crippen molar-refractivity contribution >= 4 is 11.8 Å². The maximum absolute atomic E-state index is 4.39. The van der Waals surface area contributed by atoms with Gasteiger partial charge in [0.15, 0.2) is 0 Å². The lowest BCUT2D eigenvalue weighted by Crippen LogP contribution is -2.40. The van der Waals surface area contributed by atoms with Crippen LogP contribution in [0.3, 0.4) is 0 Å². The largest absolute Gasteiger partial charge is 0.315 e. The van der Waals surface area contributed by atoms with Crippen molar-refractivity contribution in [3.8, 4) is 0 Å². The summed E-state index contributed by atoms with van der Waals surface area (Å²) in [6.07, 6.45) is 2.67. The Hall–Kier alpha value is 0.270. The standard InChI is InChI=1S/C9H17N2S/c1-3-10-4-2-8(1)9-7-11-5-6-12-9/h8-9,11H,1-7H2. The molecule has 2 aliphatic heterocycles. The third-order valence-corrected chi connectivity index (χ3v) is 4.22. The molecule has 1 atom stereocenters. The van der Waals surface area contributed by atoms with Crippen LogP contribution in [0.5, 0.6) is 0 Å². The van der Waals surface area contributed by atoms with Crippen molar-refractivity contribution in [2.75, 3.05) is 31.9 Å². The number of hydrogen-bond acceptors (Lipinski definition) is 2. The average Bonchev–Trinajstić information content (AvgIpc) is 2.21. The fourth-order valence-electron chi connectivity index (χ4n) is 2.03. The molecule has 2 aliphatic rings. The maximum Gasteiger partial charge on any atom is 0.0202 e. The van der Waals surface area contributed by atoms with E-state index in [0.29, 0.717) is 0 Å². The first-order valence-corrected chi connectivity index (χ1v) is 5.97. The highest BCUT2D eigenvalue weighted by Crippen LogP contribution is 2.27. The molecule has 1 unspecified atom stereocenters. The predicted octanol–water partition coefficient (Wildman–Crippen LogP) is 0.706. The highest BCUT2D eigenvalue weighted by molar-refractivity contribution is 8.00. The van der Waals surface area contributed by atoms with Gasteiger partial charge in [0.1, 0.15) is 0 Å². The van der Waals surface area contributed by atoms with Crippen LogP contribution in [-0.4, -0.2) is 37.2 Å². The SMILES string of the molecule is C1CC(C2CNCCS2)CC[N]1. The zero-order valence-corrected chi connectivity index (χ0v) is 8.28. The lowest BCUT2D eigenvalue weighted by molar-refractivity contribution is 0.351. The summed E-state index contributed by atoms with van der Waals surface area (Å²) in [5, 5.41) is 8.76. The predicted molar refractivity (Wildman–Crippen MR) is 53.7 cm³/mol. The van der Waals surface area contributed by atoms with Gasteiger partial charge in [0.05, 0.1) is 0 Å². The highest BCUT2D eigenvalue weighted by atomic mass is 32.2. The van der Waals surface area contributed by atoms with E-state index < -0.39 is 0 Å². The Morgan fingerprint density at radius 3 is 2.75 bits per heavy atom. The van der Waals surface area contributed by atoms with Crippen LogP contribution >= 0.6 is 11.8 Å². The molecule has 0 aliphatic carbocycles. The summed E-state index contributed by atoms with van der Waals surface area (Å²) >= 11 is 2.17. The summed E-state index contributed by atoms with van der Waals surface area (Å²) < 4.78 is 0. The molecule has 1 radical (unpaired) electrons. The van der Waals surface area contributed by atoms with Gasteiger partial charge in [-0.1, -0.05) is 0 Å². The van der Waals surface area contributed by atoms with E-state index in [9.17, 15) is 0 Å². The minimum Gasteiger partial charge on any atom is -0.315 e. The Morgan fingerprint density at radius 1 is 1.25 bits per heavy atom. The van der Waals surface area contributed by atoms with E-state index in [4.69, 9.17) is 0 Å². The van der Waals surface area contributed by atoms with Gasteiger partial charge in [-0.05, 0) is 18.8 Å². The van der Waals surface area contributed by atoms with E-state index in [0.717, 1.165) is 24.3 Å². The van der Waals surface area contributed by atoms with E-state index in [1.54, 1.807) is 0 Å². The van der Waals surface area contributed by atoms with Crippen molar-refractivity contribution in [2.45, 2.75) is 18.1 Å². The van der Waals surface area contributed by atoms with Crippen LogP contribution in [0.25, 0.3) is 0 Å². The molecule has 0 bridgehead atoms. The van der Waals surface area contributed by atoms with Crippen molar-refractivity contribution in [1.82, 2.24) is 10.6 Å². The van der Waals surface area contributed by atoms with Crippen LogP contribution in [0.4, 0.5) is 0 Å².